The van der Waals surface area contributed by atoms with Crippen LogP contribution < -0.4 is 4.74 Å². The van der Waals surface area contributed by atoms with Gasteiger partial charge in [0, 0.05) is 16.6 Å². The molecule has 78 valence electrons. The van der Waals surface area contributed by atoms with E-state index in [1.165, 1.54) is 11.3 Å². The van der Waals surface area contributed by atoms with Gasteiger partial charge in [0.2, 0.25) is 0 Å². The molecule has 0 saturated carbocycles. The molecule has 1 aliphatic heterocycles. The lowest BCUT2D eigenvalue weighted by Crippen LogP contribution is -2.07. The van der Waals surface area contributed by atoms with Gasteiger partial charge in [0.15, 0.2) is 0 Å². The molecular formula is C12H12O2S. The standard InChI is InChI=1S/C12H12O2S/c1-8(2)12(13)14-10-5-3-9(4-6-10)11-7-15-11/h3-6,11H,1,7H2,2H3. The second-order valence-electron chi connectivity index (χ2n) is 3.56. The van der Waals surface area contributed by atoms with Crippen LogP contribution in [0.25, 0.3) is 0 Å². The van der Waals surface area contributed by atoms with Crippen molar-refractivity contribution in [3.8, 4) is 5.75 Å². The highest BCUT2D eigenvalue weighted by molar-refractivity contribution is 8.06. The summed E-state index contributed by atoms with van der Waals surface area (Å²) >= 11 is 1.92. The minimum Gasteiger partial charge on any atom is -0.423 e. The Kier molecular flexibility index (Phi) is 2.82. The average Bonchev–Trinajstić information content (AvgIpc) is 3.02. The van der Waals surface area contributed by atoms with Crippen molar-refractivity contribution in [1.82, 2.24) is 0 Å². The van der Waals surface area contributed by atoms with E-state index in [1.807, 2.05) is 36.0 Å². The van der Waals surface area contributed by atoms with Gasteiger partial charge in [-0.3, -0.25) is 0 Å². The van der Waals surface area contributed by atoms with Crippen molar-refractivity contribution in [2.24, 2.45) is 0 Å². The van der Waals surface area contributed by atoms with Crippen LogP contribution in [0.1, 0.15) is 17.7 Å². The van der Waals surface area contributed by atoms with Crippen molar-refractivity contribution in [3.05, 3.63) is 42.0 Å². The molecule has 2 nitrogen and oxygen atoms in total. The first-order chi connectivity index (χ1) is 7.16. The van der Waals surface area contributed by atoms with Crippen LogP contribution in [0.15, 0.2) is 36.4 Å². The number of carbonyl (C=O) groups excluding carboxylic acids is 1. The Labute approximate surface area is 93.3 Å². The maximum absolute atomic E-state index is 11.2. The van der Waals surface area contributed by atoms with Crippen LogP contribution >= 0.6 is 11.8 Å². The third-order valence-corrected chi connectivity index (χ3v) is 3.08. The van der Waals surface area contributed by atoms with Crippen molar-refractivity contribution in [1.29, 1.82) is 0 Å². The summed E-state index contributed by atoms with van der Waals surface area (Å²) in [6, 6.07) is 7.67. The highest BCUT2D eigenvalue weighted by Gasteiger charge is 2.24. The molecule has 1 saturated heterocycles. The van der Waals surface area contributed by atoms with Crippen molar-refractivity contribution >= 4 is 17.7 Å². The lowest BCUT2D eigenvalue weighted by molar-refractivity contribution is -0.130. The van der Waals surface area contributed by atoms with Crippen LogP contribution in [0.3, 0.4) is 0 Å². The van der Waals surface area contributed by atoms with Crippen LogP contribution in [-0.2, 0) is 4.79 Å². The zero-order valence-corrected chi connectivity index (χ0v) is 9.34. The largest absolute Gasteiger partial charge is 0.423 e. The van der Waals surface area contributed by atoms with Crippen molar-refractivity contribution < 1.29 is 9.53 Å². The zero-order chi connectivity index (χ0) is 10.8. The van der Waals surface area contributed by atoms with E-state index in [-0.39, 0.29) is 5.97 Å². The Balaban J connectivity index is 2.03. The van der Waals surface area contributed by atoms with Gasteiger partial charge in [-0.25, -0.2) is 4.79 Å². The highest BCUT2D eigenvalue weighted by atomic mass is 32.2. The van der Waals surface area contributed by atoms with Gasteiger partial charge in [-0.1, -0.05) is 18.7 Å². The normalized spacial score (nSPS) is 18.3. The Morgan fingerprint density at radius 3 is 2.53 bits per heavy atom. The molecule has 0 aliphatic carbocycles. The molecule has 2 rings (SSSR count). The summed E-state index contributed by atoms with van der Waals surface area (Å²) in [6.45, 7) is 5.17. The molecule has 1 aromatic rings. The fourth-order valence-corrected chi connectivity index (χ4v) is 1.82. The fourth-order valence-electron chi connectivity index (χ4n) is 1.19. The predicted octanol–water partition coefficient (Wildman–Crippen LogP) is 2.96. The molecule has 0 radical (unpaired) electrons. The Morgan fingerprint density at radius 1 is 1.47 bits per heavy atom. The molecule has 0 aromatic heterocycles. The number of rotatable bonds is 3. The molecule has 15 heavy (non-hydrogen) atoms. The van der Waals surface area contributed by atoms with Gasteiger partial charge in [-0.2, -0.15) is 11.8 Å². The monoisotopic (exact) mass is 220 g/mol. The number of thioether (sulfide) groups is 1. The van der Waals surface area contributed by atoms with Crippen LogP contribution in [0.4, 0.5) is 0 Å². The second kappa shape index (κ2) is 4.11. The molecule has 1 aliphatic rings. The third-order valence-electron chi connectivity index (χ3n) is 2.14. The molecule has 0 N–H and O–H groups in total. The van der Waals surface area contributed by atoms with E-state index in [0.29, 0.717) is 16.6 Å². The minimum atomic E-state index is -0.372. The van der Waals surface area contributed by atoms with E-state index in [1.54, 1.807) is 6.92 Å². The van der Waals surface area contributed by atoms with E-state index >= 15 is 0 Å². The Bertz CT molecular complexity index is 391. The van der Waals surface area contributed by atoms with Crippen LogP contribution in [0, 0.1) is 0 Å². The summed E-state index contributed by atoms with van der Waals surface area (Å²) in [5.41, 5.74) is 1.71. The van der Waals surface area contributed by atoms with Gasteiger partial charge in [-0.15, -0.1) is 0 Å². The van der Waals surface area contributed by atoms with Gasteiger partial charge in [-0.05, 0) is 24.6 Å². The molecule has 1 heterocycles. The van der Waals surface area contributed by atoms with Gasteiger partial charge in [0.25, 0.3) is 0 Å². The summed E-state index contributed by atoms with van der Waals surface area (Å²) in [6.07, 6.45) is 0. The molecule has 0 bridgehead atoms. The summed E-state index contributed by atoms with van der Waals surface area (Å²) in [7, 11) is 0. The lowest BCUT2D eigenvalue weighted by Gasteiger charge is -2.04. The maximum Gasteiger partial charge on any atom is 0.338 e. The quantitative estimate of drug-likeness (QED) is 0.339. The van der Waals surface area contributed by atoms with E-state index in [2.05, 4.69) is 6.58 Å². The van der Waals surface area contributed by atoms with E-state index in [9.17, 15) is 4.79 Å². The van der Waals surface area contributed by atoms with Crippen molar-refractivity contribution in [2.75, 3.05) is 5.75 Å². The van der Waals surface area contributed by atoms with Crippen LogP contribution in [0.5, 0.6) is 5.75 Å². The number of hydrogen-bond donors (Lipinski definition) is 0. The molecule has 1 aromatic carbocycles. The summed E-state index contributed by atoms with van der Waals surface area (Å²) in [5, 5.41) is 0.649. The number of esters is 1. The topological polar surface area (TPSA) is 26.3 Å². The van der Waals surface area contributed by atoms with Gasteiger partial charge >= 0.3 is 5.97 Å². The second-order valence-corrected chi connectivity index (χ2v) is 4.80. The van der Waals surface area contributed by atoms with Gasteiger partial charge in [0.1, 0.15) is 5.75 Å². The van der Waals surface area contributed by atoms with E-state index in [0.717, 1.165) is 0 Å². The molecule has 1 atom stereocenters. The van der Waals surface area contributed by atoms with Crippen LogP contribution in [0.2, 0.25) is 0 Å². The smallest absolute Gasteiger partial charge is 0.338 e. The highest BCUT2D eigenvalue weighted by Crippen LogP contribution is 2.46. The van der Waals surface area contributed by atoms with Crippen LogP contribution in [-0.4, -0.2) is 11.7 Å². The number of carbonyl (C=O) groups is 1. The molecule has 1 unspecified atom stereocenters. The van der Waals surface area contributed by atoms with E-state index in [4.69, 9.17) is 4.74 Å². The summed E-state index contributed by atoms with van der Waals surface area (Å²) in [4.78, 5) is 11.2. The maximum atomic E-state index is 11.2. The van der Waals surface area contributed by atoms with Gasteiger partial charge < -0.3 is 4.74 Å². The number of ether oxygens (including phenoxy) is 1. The predicted molar refractivity (Wildman–Crippen MR) is 62.1 cm³/mol. The third kappa shape index (κ3) is 2.63. The first-order valence-electron chi connectivity index (χ1n) is 4.76. The Hall–Kier alpha value is -1.22. The summed E-state index contributed by atoms with van der Waals surface area (Å²) < 4.78 is 5.09. The van der Waals surface area contributed by atoms with Crippen molar-refractivity contribution in [2.45, 2.75) is 12.2 Å². The zero-order valence-electron chi connectivity index (χ0n) is 8.53. The first-order valence-corrected chi connectivity index (χ1v) is 5.81. The molecule has 0 spiro atoms. The summed E-state index contributed by atoms with van der Waals surface area (Å²) in [5.74, 6) is 1.41. The lowest BCUT2D eigenvalue weighted by atomic mass is 10.2. The first kappa shape index (κ1) is 10.3. The Morgan fingerprint density at radius 2 is 2.07 bits per heavy atom. The number of benzene rings is 1. The van der Waals surface area contributed by atoms with Crippen molar-refractivity contribution in [3.63, 3.8) is 0 Å². The van der Waals surface area contributed by atoms with E-state index < -0.39 is 0 Å². The fraction of sp³-hybridized carbons (Fsp3) is 0.250. The SMILES string of the molecule is C=C(C)C(=O)Oc1ccc(C2CS2)cc1. The molecule has 3 heteroatoms. The molecule has 0 amide bonds. The minimum absolute atomic E-state index is 0.372. The number of hydrogen-bond acceptors (Lipinski definition) is 3. The molecular weight excluding hydrogens is 208 g/mol. The average molecular weight is 220 g/mol. The van der Waals surface area contributed by atoms with Gasteiger partial charge in [0.05, 0.1) is 0 Å². The molecule has 1 fully saturated rings.